The zero-order valence-electron chi connectivity index (χ0n) is 18.7. The molecule has 0 fully saturated rings. The average molecular weight is 520 g/mol. The van der Waals surface area contributed by atoms with E-state index in [1.54, 1.807) is 42.3 Å². The highest BCUT2D eigenvalue weighted by molar-refractivity contribution is 9.10. The summed E-state index contributed by atoms with van der Waals surface area (Å²) in [7, 11) is 1.57. The van der Waals surface area contributed by atoms with Crippen LogP contribution in [0.3, 0.4) is 0 Å². The number of nitrogens with zero attached hydrogens (tertiary/aromatic N) is 1. The highest BCUT2D eigenvalue weighted by Gasteiger charge is 2.43. The van der Waals surface area contributed by atoms with Gasteiger partial charge in [0.25, 0.3) is 5.91 Å². The smallest absolute Gasteiger partial charge is 0.295 e. The number of methoxy groups -OCH3 is 1. The van der Waals surface area contributed by atoms with E-state index in [-0.39, 0.29) is 17.1 Å². The first-order valence-electron chi connectivity index (χ1n) is 11.0. The lowest BCUT2D eigenvalue weighted by Gasteiger charge is -2.26. The summed E-state index contributed by atoms with van der Waals surface area (Å²) in [5, 5.41) is 0.414. The Bertz CT molecular complexity index is 1460. The Morgan fingerprint density at radius 2 is 1.79 bits per heavy atom. The van der Waals surface area contributed by atoms with E-state index >= 15 is 0 Å². The van der Waals surface area contributed by atoms with Gasteiger partial charge in [-0.3, -0.25) is 14.5 Å². The molecule has 0 N–H and O–H groups in total. The fraction of sp³-hybridized carbons (Fsp3) is 0.185. The summed E-state index contributed by atoms with van der Waals surface area (Å²) < 4.78 is 18.0. The number of benzene rings is 3. The molecule has 172 valence electrons. The van der Waals surface area contributed by atoms with Crippen LogP contribution in [0.5, 0.6) is 11.5 Å². The SMILES string of the molecule is CCCOc1cccc(C2c3c(oc4ccc(Br)cc4c3=O)C(=O)N2c2cccc(OC)c2)c1. The highest BCUT2D eigenvalue weighted by Crippen LogP contribution is 2.42. The Labute approximate surface area is 204 Å². The maximum absolute atomic E-state index is 13.7. The topological polar surface area (TPSA) is 69.0 Å². The molecular weight excluding hydrogens is 498 g/mol. The van der Waals surface area contributed by atoms with Gasteiger partial charge in [0.1, 0.15) is 17.1 Å². The lowest BCUT2D eigenvalue weighted by Crippen LogP contribution is -2.29. The number of fused-ring (bicyclic) bond motifs is 2. The van der Waals surface area contributed by atoms with Crippen LogP contribution in [-0.2, 0) is 0 Å². The quantitative estimate of drug-likeness (QED) is 0.307. The van der Waals surface area contributed by atoms with Crippen molar-refractivity contribution in [3.63, 3.8) is 0 Å². The van der Waals surface area contributed by atoms with E-state index in [1.165, 1.54) is 0 Å². The molecule has 0 spiro atoms. The lowest BCUT2D eigenvalue weighted by molar-refractivity contribution is 0.0971. The fourth-order valence-corrected chi connectivity index (χ4v) is 4.64. The lowest BCUT2D eigenvalue weighted by atomic mass is 9.98. The van der Waals surface area contributed by atoms with Crippen LogP contribution in [0.15, 0.2) is 80.4 Å². The van der Waals surface area contributed by atoms with Crippen molar-refractivity contribution in [2.24, 2.45) is 0 Å². The predicted molar refractivity (Wildman–Crippen MR) is 134 cm³/mol. The number of carbonyl (C=O) groups excluding carboxylic acids is 1. The van der Waals surface area contributed by atoms with Gasteiger partial charge in [-0.2, -0.15) is 0 Å². The summed E-state index contributed by atoms with van der Waals surface area (Å²) in [4.78, 5) is 29.0. The molecule has 0 saturated heterocycles. The fourth-order valence-electron chi connectivity index (χ4n) is 4.28. The van der Waals surface area contributed by atoms with Gasteiger partial charge in [-0.1, -0.05) is 41.1 Å². The van der Waals surface area contributed by atoms with Gasteiger partial charge < -0.3 is 13.9 Å². The Balaban J connectivity index is 1.76. The summed E-state index contributed by atoms with van der Waals surface area (Å²) in [6, 6.07) is 19.2. The van der Waals surface area contributed by atoms with Gasteiger partial charge in [-0.25, -0.2) is 0 Å². The number of carbonyl (C=O) groups is 1. The second kappa shape index (κ2) is 8.99. The number of rotatable bonds is 6. The summed E-state index contributed by atoms with van der Waals surface area (Å²) in [6.07, 6.45) is 0.870. The van der Waals surface area contributed by atoms with E-state index in [0.717, 1.165) is 16.5 Å². The number of amides is 1. The van der Waals surface area contributed by atoms with Crippen LogP contribution in [-0.4, -0.2) is 19.6 Å². The maximum atomic E-state index is 13.7. The molecule has 0 saturated carbocycles. The van der Waals surface area contributed by atoms with Gasteiger partial charge in [0, 0.05) is 16.2 Å². The van der Waals surface area contributed by atoms with E-state index in [2.05, 4.69) is 15.9 Å². The molecule has 0 radical (unpaired) electrons. The molecule has 1 aliphatic rings. The van der Waals surface area contributed by atoms with Crippen molar-refractivity contribution < 1.29 is 18.7 Å². The minimum atomic E-state index is -0.681. The van der Waals surface area contributed by atoms with Crippen molar-refractivity contribution >= 4 is 38.5 Å². The summed E-state index contributed by atoms with van der Waals surface area (Å²) >= 11 is 3.43. The third kappa shape index (κ3) is 3.76. The van der Waals surface area contributed by atoms with Crippen LogP contribution in [0.2, 0.25) is 0 Å². The molecule has 1 unspecified atom stereocenters. The van der Waals surface area contributed by atoms with Crippen LogP contribution < -0.4 is 19.8 Å². The Kier molecular flexibility index (Phi) is 5.87. The molecule has 2 heterocycles. The van der Waals surface area contributed by atoms with E-state index < -0.39 is 6.04 Å². The zero-order valence-corrected chi connectivity index (χ0v) is 20.3. The first kappa shape index (κ1) is 22.2. The van der Waals surface area contributed by atoms with Crippen LogP contribution in [0.1, 0.15) is 41.1 Å². The van der Waals surface area contributed by atoms with E-state index in [9.17, 15) is 9.59 Å². The van der Waals surface area contributed by atoms with Gasteiger partial charge in [-0.05, 0) is 54.4 Å². The monoisotopic (exact) mass is 519 g/mol. The molecule has 0 aliphatic carbocycles. The molecule has 4 aromatic rings. The van der Waals surface area contributed by atoms with E-state index in [4.69, 9.17) is 13.9 Å². The van der Waals surface area contributed by atoms with Crippen LogP contribution >= 0.6 is 15.9 Å². The Hall–Kier alpha value is -3.58. The summed E-state index contributed by atoms with van der Waals surface area (Å²) in [5.74, 6) is 0.953. The third-order valence-corrected chi connectivity index (χ3v) is 6.30. The van der Waals surface area contributed by atoms with Crippen LogP contribution in [0.4, 0.5) is 5.69 Å². The molecule has 5 rings (SSSR count). The molecule has 7 heteroatoms. The van der Waals surface area contributed by atoms with Gasteiger partial charge in [-0.15, -0.1) is 0 Å². The van der Waals surface area contributed by atoms with Crippen LogP contribution in [0, 0.1) is 0 Å². The normalized spacial score (nSPS) is 15.0. The third-order valence-electron chi connectivity index (χ3n) is 5.81. The van der Waals surface area contributed by atoms with Crippen molar-refractivity contribution in [2.75, 3.05) is 18.6 Å². The molecular formula is C27H22BrNO5. The molecule has 0 bridgehead atoms. The van der Waals surface area contributed by atoms with Gasteiger partial charge in [0.05, 0.1) is 30.7 Å². The minimum absolute atomic E-state index is 0.0486. The molecule has 34 heavy (non-hydrogen) atoms. The minimum Gasteiger partial charge on any atom is -0.497 e. The van der Waals surface area contributed by atoms with Crippen molar-refractivity contribution in [1.82, 2.24) is 0 Å². The van der Waals surface area contributed by atoms with Crippen molar-refractivity contribution in [2.45, 2.75) is 19.4 Å². The predicted octanol–water partition coefficient (Wildman–Crippen LogP) is 6.10. The second-order valence-corrected chi connectivity index (χ2v) is 8.93. The van der Waals surface area contributed by atoms with Gasteiger partial charge >= 0.3 is 0 Å². The average Bonchev–Trinajstić information content (AvgIpc) is 3.16. The molecule has 1 aromatic heterocycles. The Morgan fingerprint density at radius 1 is 1.00 bits per heavy atom. The summed E-state index contributed by atoms with van der Waals surface area (Å²) in [5.41, 5.74) is 1.80. The van der Waals surface area contributed by atoms with E-state index in [1.807, 2.05) is 43.3 Å². The number of halogens is 1. The zero-order chi connectivity index (χ0) is 23.8. The number of anilines is 1. The number of hydrogen-bond donors (Lipinski definition) is 0. The van der Waals surface area contributed by atoms with Crippen molar-refractivity contribution in [3.05, 3.63) is 98.3 Å². The van der Waals surface area contributed by atoms with Crippen LogP contribution in [0.25, 0.3) is 11.0 Å². The van der Waals surface area contributed by atoms with Crippen molar-refractivity contribution in [3.8, 4) is 11.5 Å². The van der Waals surface area contributed by atoms with Gasteiger partial charge in [0.15, 0.2) is 5.43 Å². The molecule has 1 aliphatic heterocycles. The molecule has 1 atom stereocenters. The molecule has 3 aromatic carbocycles. The Morgan fingerprint density at radius 3 is 2.59 bits per heavy atom. The number of ether oxygens (including phenoxy) is 2. The first-order valence-corrected chi connectivity index (χ1v) is 11.8. The molecule has 1 amide bonds. The standard InChI is InChI=1S/C27H22BrNO5/c1-3-12-33-20-9-4-6-16(13-20)24-23-25(30)21-14-17(28)10-11-22(21)34-26(23)27(31)29(24)18-7-5-8-19(15-18)32-2/h4-11,13-15,24H,3,12H2,1-2H3. The largest absolute Gasteiger partial charge is 0.497 e. The second-order valence-electron chi connectivity index (χ2n) is 8.01. The van der Waals surface area contributed by atoms with E-state index in [0.29, 0.717) is 40.3 Å². The van der Waals surface area contributed by atoms with Gasteiger partial charge in [0.2, 0.25) is 5.76 Å². The summed E-state index contributed by atoms with van der Waals surface area (Å²) in [6.45, 7) is 2.61. The number of hydrogen-bond acceptors (Lipinski definition) is 5. The maximum Gasteiger partial charge on any atom is 0.295 e. The molecule has 6 nitrogen and oxygen atoms in total. The van der Waals surface area contributed by atoms with Crippen molar-refractivity contribution in [1.29, 1.82) is 0 Å². The first-order chi connectivity index (χ1) is 16.5. The highest BCUT2D eigenvalue weighted by atomic mass is 79.9.